The standard InChI is InChI=1S/C20H31N3O4/c1-14(2)23(9-6-10-24)19(25)12-16-13-27-18-8-7-15(20(26)21(3)4)11-17(18)22(16)5/h7-8,11,14,16,24H,6,9-10,12-13H2,1-5H3. The lowest BCUT2D eigenvalue weighted by Crippen LogP contribution is -2.46. The second-order valence-corrected chi connectivity index (χ2v) is 7.42. The summed E-state index contributed by atoms with van der Waals surface area (Å²) in [5.74, 6) is 0.694. The molecular weight excluding hydrogens is 346 g/mol. The van der Waals surface area contributed by atoms with Gasteiger partial charge in [-0.1, -0.05) is 0 Å². The molecule has 0 fully saturated rings. The van der Waals surface area contributed by atoms with Crippen LogP contribution in [0.4, 0.5) is 5.69 Å². The van der Waals surface area contributed by atoms with Gasteiger partial charge in [0.15, 0.2) is 0 Å². The van der Waals surface area contributed by atoms with Crippen LogP contribution in [0.2, 0.25) is 0 Å². The molecule has 1 N–H and O–H groups in total. The van der Waals surface area contributed by atoms with Crippen molar-refractivity contribution in [3.63, 3.8) is 0 Å². The van der Waals surface area contributed by atoms with E-state index in [1.54, 1.807) is 25.1 Å². The summed E-state index contributed by atoms with van der Waals surface area (Å²) in [4.78, 5) is 30.4. The molecule has 1 aliphatic rings. The van der Waals surface area contributed by atoms with Gasteiger partial charge >= 0.3 is 0 Å². The number of aliphatic hydroxyl groups is 1. The van der Waals surface area contributed by atoms with E-state index in [0.717, 1.165) is 11.4 Å². The molecule has 2 amide bonds. The summed E-state index contributed by atoms with van der Waals surface area (Å²) in [5, 5.41) is 9.06. The van der Waals surface area contributed by atoms with Crippen molar-refractivity contribution in [2.45, 2.75) is 38.8 Å². The Morgan fingerprint density at radius 3 is 2.63 bits per heavy atom. The molecule has 1 aromatic carbocycles. The predicted octanol–water partition coefficient (Wildman–Crippen LogP) is 1.60. The zero-order valence-corrected chi connectivity index (χ0v) is 16.9. The van der Waals surface area contributed by atoms with E-state index < -0.39 is 0 Å². The van der Waals surface area contributed by atoms with Gasteiger partial charge in [-0.25, -0.2) is 0 Å². The number of fused-ring (bicyclic) bond motifs is 1. The molecule has 0 aromatic heterocycles. The number of benzene rings is 1. The van der Waals surface area contributed by atoms with Crippen LogP contribution >= 0.6 is 0 Å². The van der Waals surface area contributed by atoms with Gasteiger partial charge in [0, 0.05) is 45.9 Å². The lowest BCUT2D eigenvalue weighted by molar-refractivity contribution is -0.133. The van der Waals surface area contributed by atoms with Crippen LogP contribution < -0.4 is 9.64 Å². The minimum absolute atomic E-state index is 0.0443. The number of ether oxygens (including phenoxy) is 1. The summed E-state index contributed by atoms with van der Waals surface area (Å²) in [6, 6.07) is 5.36. The van der Waals surface area contributed by atoms with E-state index in [1.807, 2.05) is 37.9 Å². The third kappa shape index (κ3) is 4.91. The zero-order valence-electron chi connectivity index (χ0n) is 16.9. The van der Waals surface area contributed by atoms with E-state index in [4.69, 9.17) is 9.84 Å². The minimum atomic E-state index is -0.106. The van der Waals surface area contributed by atoms with E-state index in [1.165, 1.54) is 4.90 Å². The maximum Gasteiger partial charge on any atom is 0.253 e. The van der Waals surface area contributed by atoms with Gasteiger partial charge in [-0.15, -0.1) is 0 Å². The fraction of sp³-hybridized carbons (Fsp3) is 0.600. The second-order valence-electron chi connectivity index (χ2n) is 7.42. The zero-order chi connectivity index (χ0) is 20.1. The number of carbonyl (C=O) groups excluding carboxylic acids is 2. The molecule has 2 rings (SSSR count). The molecule has 7 nitrogen and oxygen atoms in total. The molecular formula is C20H31N3O4. The molecule has 7 heteroatoms. The smallest absolute Gasteiger partial charge is 0.253 e. The molecule has 1 heterocycles. The summed E-state index contributed by atoms with van der Waals surface area (Å²) in [7, 11) is 5.36. The SMILES string of the molecule is CC(C)N(CCCO)C(=O)CC1COc2ccc(C(=O)N(C)C)cc2N1C. The first-order valence-corrected chi connectivity index (χ1v) is 9.38. The fourth-order valence-corrected chi connectivity index (χ4v) is 3.23. The molecule has 0 aliphatic carbocycles. The first-order valence-electron chi connectivity index (χ1n) is 9.38. The summed E-state index contributed by atoms with van der Waals surface area (Å²) in [5.41, 5.74) is 1.41. The number of likely N-dealkylation sites (N-methyl/N-ethyl adjacent to an activating group) is 1. The molecule has 1 unspecified atom stereocenters. The lowest BCUT2D eigenvalue weighted by Gasteiger charge is -2.37. The van der Waals surface area contributed by atoms with Crippen molar-refractivity contribution in [3.05, 3.63) is 23.8 Å². The molecule has 150 valence electrons. The molecule has 1 aliphatic heterocycles. The first kappa shape index (κ1) is 21.0. The molecule has 0 bridgehead atoms. The highest BCUT2D eigenvalue weighted by atomic mass is 16.5. The van der Waals surface area contributed by atoms with Gasteiger partial charge in [-0.2, -0.15) is 0 Å². The van der Waals surface area contributed by atoms with E-state index in [-0.39, 0.29) is 30.5 Å². The van der Waals surface area contributed by atoms with Crippen molar-refractivity contribution in [1.82, 2.24) is 9.80 Å². The molecule has 1 atom stereocenters. The summed E-state index contributed by atoms with van der Waals surface area (Å²) >= 11 is 0. The Kier molecular flexibility index (Phi) is 7.07. The number of hydrogen-bond donors (Lipinski definition) is 1. The average molecular weight is 377 g/mol. The Hall–Kier alpha value is -2.28. The maximum absolute atomic E-state index is 12.8. The number of rotatable bonds is 7. The van der Waals surface area contributed by atoms with Gasteiger partial charge in [0.25, 0.3) is 5.91 Å². The fourth-order valence-electron chi connectivity index (χ4n) is 3.23. The number of aliphatic hydroxyl groups excluding tert-OH is 1. The Morgan fingerprint density at radius 1 is 1.33 bits per heavy atom. The van der Waals surface area contributed by atoms with Crippen LogP contribution in [0, 0.1) is 0 Å². The monoisotopic (exact) mass is 377 g/mol. The largest absolute Gasteiger partial charge is 0.489 e. The van der Waals surface area contributed by atoms with Crippen LogP contribution in [0.15, 0.2) is 18.2 Å². The van der Waals surface area contributed by atoms with Gasteiger partial charge in [0.1, 0.15) is 12.4 Å². The van der Waals surface area contributed by atoms with Gasteiger partial charge < -0.3 is 24.5 Å². The molecule has 0 saturated carbocycles. The average Bonchev–Trinajstić information content (AvgIpc) is 2.63. The number of nitrogens with zero attached hydrogens (tertiary/aromatic N) is 3. The Labute approximate surface area is 161 Å². The van der Waals surface area contributed by atoms with Gasteiger partial charge in [-0.05, 0) is 38.5 Å². The molecule has 27 heavy (non-hydrogen) atoms. The predicted molar refractivity (Wildman–Crippen MR) is 105 cm³/mol. The van der Waals surface area contributed by atoms with Crippen LogP contribution in [0.3, 0.4) is 0 Å². The van der Waals surface area contributed by atoms with E-state index in [9.17, 15) is 9.59 Å². The number of amides is 2. The quantitative estimate of drug-likeness (QED) is 0.781. The summed E-state index contributed by atoms with van der Waals surface area (Å²) in [6.45, 7) is 4.99. The topological polar surface area (TPSA) is 73.3 Å². The van der Waals surface area contributed by atoms with E-state index >= 15 is 0 Å². The molecule has 1 aromatic rings. The van der Waals surface area contributed by atoms with Crippen LogP contribution in [0.5, 0.6) is 5.75 Å². The number of hydrogen-bond acceptors (Lipinski definition) is 5. The van der Waals surface area contributed by atoms with Gasteiger partial charge in [0.05, 0.1) is 18.2 Å². The van der Waals surface area contributed by atoms with Gasteiger partial charge in [0.2, 0.25) is 5.91 Å². The highest BCUT2D eigenvalue weighted by molar-refractivity contribution is 5.95. The van der Waals surface area contributed by atoms with E-state index in [2.05, 4.69) is 0 Å². The third-order valence-electron chi connectivity index (χ3n) is 4.88. The van der Waals surface area contributed by atoms with Crippen molar-refractivity contribution in [2.75, 3.05) is 45.8 Å². The van der Waals surface area contributed by atoms with Crippen LogP contribution in [0.25, 0.3) is 0 Å². The van der Waals surface area contributed by atoms with Gasteiger partial charge in [-0.3, -0.25) is 9.59 Å². The second kappa shape index (κ2) is 9.08. The maximum atomic E-state index is 12.8. The third-order valence-corrected chi connectivity index (χ3v) is 4.88. The summed E-state index contributed by atoms with van der Waals surface area (Å²) < 4.78 is 5.85. The van der Waals surface area contributed by atoms with Crippen LogP contribution in [-0.4, -0.2) is 79.7 Å². The highest BCUT2D eigenvalue weighted by Gasteiger charge is 2.29. The Balaban J connectivity index is 2.15. The normalized spacial score (nSPS) is 16.0. The first-order chi connectivity index (χ1) is 12.8. The minimum Gasteiger partial charge on any atom is -0.489 e. The van der Waals surface area contributed by atoms with Crippen LogP contribution in [0.1, 0.15) is 37.0 Å². The number of anilines is 1. The van der Waals surface area contributed by atoms with Crippen molar-refractivity contribution >= 4 is 17.5 Å². The highest BCUT2D eigenvalue weighted by Crippen LogP contribution is 2.35. The lowest BCUT2D eigenvalue weighted by atomic mass is 10.1. The Bertz CT molecular complexity index is 675. The Morgan fingerprint density at radius 2 is 2.04 bits per heavy atom. The molecule has 0 spiro atoms. The summed E-state index contributed by atoms with van der Waals surface area (Å²) in [6.07, 6.45) is 0.894. The van der Waals surface area contributed by atoms with Crippen molar-refractivity contribution in [3.8, 4) is 5.75 Å². The van der Waals surface area contributed by atoms with Crippen molar-refractivity contribution in [1.29, 1.82) is 0 Å². The molecule has 0 saturated heterocycles. The van der Waals surface area contributed by atoms with E-state index in [0.29, 0.717) is 31.6 Å². The molecule has 0 radical (unpaired) electrons. The van der Waals surface area contributed by atoms with Crippen molar-refractivity contribution in [2.24, 2.45) is 0 Å². The van der Waals surface area contributed by atoms with Crippen LogP contribution in [-0.2, 0) is 4.79 Å². The number of carbonyl (C=O) groups is 2. The van der Waals surface area contributed by atoms with Crippen molar-refractivity contribution < 1.29 is 19.4 Å².